The molecular weight excluding hydrogens is 206 g/mol. The molecule has 0 fully saturated rings. The van der Waals surface area contributed by atoms with Crippen molar-refractivity contribution in [3.63, 3.8) is 0 Å². The first kappa shape index (κ1) is 12.4. The number of rotatable bonds is 5. The zero-order chi connectivity index (χ0) is 12.0. The standard InChI is InChI=1S/C12H15NO3/c1-9(11-5-3-4-6-13-11)7-10(14)8-12(15)16-2/h3-6,9H,7-8H2,1-2H3/t9-/m1/s1. The van der Waals surface area contributed by atoms with Crippen LogP contribution in [0.25, 0.3) is 0 Å². The van der Waals surface area contributed by atoms with Crippen molar-refractivity contribution in [1.29, 1.82) is 0 Å². The third-order valence-electron chi connectivity index (χ3n) is 2.30. The van der Waals surface area contributed by atoms with Gasteiger partial charge >= 0.3 is 5.97 Å². The largest absolute Gasteiger partial charge is 0.469 e. The topological polar surface area (TPSA) is 56.3 Å². The van der Waals surface area contributed by atoms with Crippen LogP contribution in [0.1, 0.15) is 31.4 Å². The maximum atomic E-state index is 11.5. The Bertz CT molecular complexity index is 362. The predicted molar refractivity (Wildman–Crippen MR) is 58.9 cm³/mol. The molecule has 0 bridgehead atoms. The second-order valence-electron chi connectivity index (χ2n) is 3.65. The molecule has 0 radical (unpaired) electrons. The third kappa shape index (κ3) is 3.81. The summed E-state index contributed by atoms with van der Waals surface area (Å²) in [5.74, 6) is -0.582. The number of Topliss-reactive ketones (excluding diaryl/α,β-unsaturated/α-hetero) is 1. The highest BCUT2D eigenvalue weighted by Crippen LogP contribution is 2.17. The molecule has 0 saturated carbocycles. The minimum absolute atomic E-state index is 0.0263. The van der Waals surface area contributed by atoms with Crippen molar-refractivity contribution < 1.29 is 14.3 Å². The molecule has 0 aromatic carbocycles. The third-order valence-corrected chi connectivity index (χ3v) is 2.30. The molecule has 1 aromatic rings. The van der Waals surface area contributed by atoms with Gasteiger partial charge in [-0.1, -0.05) is 13.0 Å². The molecular formula is C12H15NO3. The van der Waals surface area contributed by atoms with Gasteiger partial charge in [-0.05, 0) is 12.1 Å². The highest BCUT2D eigenvalue weighted by atomic mass is 16.5. The van der Waals surface area contributed by atoms with Gasteiger partial charge in [0.1, 0.15) is 12.2 Å². The molecule has 0 amide bonds. The van der Waals surface area contributed by atoms with Gasteiger partial charge in [-0.2, -0.15) is 0 Å². The fraction of sp³-hybridized carbons (Fsp3) is 0.417. The quantitative estimate of drug-likeness (QED) is 0.561. The van der Waals surface area contributed by atoms with E-state index in [1.54, 1.807) is 6.20 Å². The summed E-state index contributed by atoms with van der Waals surface area (Å²) < 4.78 is 4.43. The van der Waals surface area contributed by atoms with E-state index in [-0.39, 0.29) is 18.1 Å². The van der Waals surface area contributed by atoms with Crippen LogP contribution in [0.2, 0.25) is 0 Å². The Morgan fingerprint density at radius 1 is 1.44 bits per heavy atom. The van der Waals surface area contributed by atoms with Gasteiger partial charge in [0.15, 0.2) is 0 Å². The van der Waals surface area contributed by atoms with E-state index in [0.717, 1.165) is 5.69 Å². The Kier molecular flexibility index (Phi) is 4.64. The fourth-order valence-electron chi connectivity index (χ4n) is 1.42. The monoisotopic (exact) mass is 221 g/mol. The Hall–Kier alpha value is -1.71. The lowest BCUT2D eigenvalue weighted by Gasteiger charge is -2.08. The number of carbonyl (C=O) groups is 2. The van der Waals surface area contributed by atoms with E-state index < -0.39 is 5.97 Å². The highest BCUT2D eigenvalue weighted by molar-refractivity contribution is 5.95. The molecule has 0 spiro atoms. The van der Waals surface area contributed by atoms with Crippen LogP contribution < -0.4 is 0 Å². The molecule has 4 heteroatoms. The number of esters is 1. The molecule has 0 aliphatic rings. The normalized spacial score (nSPS) is 11.9. The second kappa shape index (κ2) is 6.00. The molecule has 4 nitrogen and oxygen atoms in total. The van der Waals surface area contributed by atoms with E-state index in [1.165, 1.54) is 7.11 Å². The Morgan fingerprint density at radius 2 is 2.19 bits per heavy atom. The summed E-state index contributed by atoms with van der Waals surface area (Å²) in [7, 11) is 1.28. The second-order valence-corrected chi connectivity index (χ2v) is 3.65. The molecule has 1 rings (SSSR count). The number of methoxy groups -OCH3 is 1. The summed E-state index contributed by atoms with van der Waals surface area (Å²) in [5.41, 5.74) is 0.862. The number of nitrogens with zero attached hydrogens (tertiary/aromatic N) is 1. The van der Waals surface area contributed by atoms with Gasteiger partial charge in [0, 0.05) is 24.2 Å². The van der Waals surface area contributed by atoms with Crippen LogP contribution in [0.4, 0.5) is 0 Å². The lowest BCUT2D eigenvalue weighted by molar-refractivity contribution is -0.143. The Labute approximate surface area is 94.6 Å². The molecule has 1 atom stereocenters. The van der Waals surface area contributed by atoms with Crippen molar-refractivity contribution in [3.8, 4) is 0 Å². The van der Waals surface area contributed by atoms with Gasteiger partial charge in [0.05, 0.1) is 7.11 Å². The van der Waals surface area contributed by atoms with Gasteiger partial charge in [0.2, 0.25) is 0 Å². The van der Waals surface area contributed by atoms with Crippen LogP contribution in [-0.2, 0) is 14.3 Å². The molecule has 0 N–H and O–H groups in total. The molecule has 0 aliphatic carbocycles. The molecule has 0 aliphatic heterocycles. The number of ether oxygens (including phenoxy) is 1. The van der Waals surface area contributed by atoms with E-state index in [0.29, 0.717) is 6.42 Å². The average molecular weight is 221 g/mol. The summed E-state index contributed by atoms with van der Waals surface area (Å²) >= 11 is 0. The van der Waals surface area contributed by atoms with Crippen molar-refractivity contribution in [1.82, 2.24) is 4.98 Å². The number of pyridine rings is 1. The Morgan fingerprint density at radius 3 is 2.75 bits per heavy atom. The van der Waals surface area contributed by atoms with Gasteiger partial charge in [-0.15, -0.1) is 0 Å². The molecule has 86 valence electrons. The van der Waals surface area contributed by atoms with Crippen molar-refractivity contribution >= 4 is 11.8 Å². The summed E-state index contributed by atoms with van der Waals surface area (Å²) in [6.45, 7) is 1.91. The lowest BCUT2D eigenvalue weighted by Crippen LogP contribution is -2.12. The molecule has 0 saturated heterocycles. The van der Waals surface area contributed by atoms with Crippen LogP contribution in [0.5, 0.6) is 0 Å². The first-order valence-electron chi connectivity index (χ1n) is 5.13. The SMILES string of the molecule is COC(=O)CC(=O)C[C@@H](C)c1ccccn1. The smallest absolute Gasteiger partial charge is 0.313 e. The molecule has 0 unspecified atom stereocenters. The van der Waals surface area contributed by atoms with Gasteiger partial charge < -0.3 is 4.74 Å². The predicted octanol–water partition coefficient (Wildman–Crippen LogP) is 1.71. The van der Waals surface area contributed by atoms with E-state index in [2.05, 4.69) is 9.72 Å². The van der Waals surface area contributed by atoms with Crippen molar-refractivity contribution in [2.24, 2.45) is 0 Å². The van der Waals surface area contributed by atoms with Crippen LogP contribution >= 0.6 is 0 Å². The zero-order valence-electron chi connectivity index (χ0n) is 9.47. The summed E-state index contributed by atoms with van der Waals surface area (Å²) in [6.07, 6.45) is 1.84. The zero-order valence-corrected chi connectivity index (χ0v) is 9.47. The van der Waals surface area contributed by atoms with Crippen LogP contribution in [0, 0.1) is 0 Å². The first-order chi connectivity index (χ1) is 7.63. The summed E-state index contributed by atoms with van der Waals surface area (Å²) in [6, 6.07) is 5.58. The van der Waals surface area contributed by atoms with Crippen molar-refractivity contribution in [2.45, 2.75) is 25.7 Å². The van der Waals surface area contributed by atoms with Crippen LogP contribution in [-0.4, -0.2) is 23.8 Å². The van der Waals surface area contributed by atoms with E-state index in [1.807, 2.05) is 25.1 Å². The van der Waals surface area contributed by atoms with E-state index in [9.17, 15) is 9.59 Å². The fourth-order valence-corrected chi connectivity index (χ4v) is 1.42. The lowest BCUT2D eigenvalue weighted by atomic mass is 9.99. The van der Waals surface area contributed by atoms with Crippen molar-refractivity contribution in [2.75, 3.05) is 7.11 Å². The first-order valence-corrected chi connectivity index (χ1v) is 5.13. The van der Waals surface area contributed by atoms with Gasteiger partial charge in [-0.25, -0.2) is 0 Å². The van der Waals surface area contributed by atoms with Crippen LogP contribution in [0.15, 0.2) is 24.4 Å². The minimum atomic E-state index is -0.488. The van der Waals surface area contributed by atoms with Crippen LogP contribution in [0.3, 0.4) is 0 Å². The number of hydrogen-bond donors (Lipinski definition) is 0. The van der Waals surface area contributed by atoms with Gasteiger partial charge in [0.25, 0.3) is 0 Å². The number of ketones is 1. The number of aromatic nitrogens is 1. The minimum Gasteiger partial charge on any atom is -0.469 e. The van der Waals surface area contributed by atoms with Gasteiger partial charge in [-0.3, -0.25) is 14.6 Å². The summed E-state index contributed by atoms with van der Waals surface area (Å²) in [5, 5.41) is 0. The molecule has 1 heterocycles. The molecule has 1 aromatic heterocycles. The number of carbonyl (C=O) groups excluding carboxylic acids is 2. The highest BCUT2D eigenvalue weighted by Gasteiger charge is 2.15. The van der Waals surface area contributed by atoms with E-state index >= 15 is 0 Å². The maximum Gasteiger partial charge on any atom is 0.313 e. The van der Waals surface area contributed by atoms with Crippen molar-refractivity contribution in [3.05, 3.63) is 30.1 Å². The average Bonchev–Trinajstić information content (AvgIpc) is 2.29. The Balaban J connectivity index is 2.49. The maximum absolute atomic E-state index is 11.5. The number of hydrogen-bond acceptors (Lipinski definition) is 4. The summed E-state index contributed by atoms with van der Waals surface area (Å²) in [4.78, 5) is 26.5. The van der Waals surface area contributed by atoms with E-state index in [4.69, 9.17) is 0 Å². The molecule has 16 heavy (non-hydrogen) atoms.